The maximum atomic E-state index is 9.18. The summed E-state index contributed by atoms with van der Waals surface area (Å²) in [5, 5.41) is 9.18. The number of hydrogen-bond donors (Lipinski definition) is 1. The molecule has 0 unspecified atom stereocenters. The minimum atomic E-state index is 0.287. The topological polar surface area (TPSA) is 29.5 Å². The van der Waals surface area contributed by atoms with Gasteiger partial charge in [0.05, 0.1) is 7.11 Å². The standard InChI is InChI=1S/C13H12O2S/c1-15-11-3-2-4-13(9-11)16-12-7-5-10(14)6-8-12/h2-9,14H,1H3. The molecule has 2 rings (SSSR count). The van der Waals surface area contributed by atoms with E-state index in [0.29, 0.717) is 0 Å². The number of hydrogen-bond acceptors (Lipinski definition) is 3. The van der Waals surface area contributed by atoms with Gasteiger partial charge in [-0.3, -0.25) is 0 Å². The van der Waals surface area contributed by atoms with Gasteiger partial charge in [0.25, 0.3) is 0 Å². The highest BCUT2D eigenvalue weighted by molar-refractivity contribution is 7.99. The average molecular weight is 232 g/mol. The Labute approximate surface area is 98.9 Å². The Morgan fingerprint density at radius 1 is 1.00 bits per heavy atom. The lowest BCUT2D eigenvalue weighted by molar-refractivity contribution is 0.413. The van der Waals surface area contributed by atoms with Crippen LogP contribution in [0.1, 0.15) is 0 Å². The number of benzene rings is 2. The van der Waals surface area contributed by atoms with Crippen LogP contribution in [0.2, 0.25) is 0 Å². The van der Waals surface area contributed by atoms with Crippen LogP contribution < -0.4 is 4.74 Å². The summed E-state index contributed by atoms with van der Waals surface area (Å²) < 4.78 is 5.16. The molecule has 0 saturated heterocycles. The molecule has 0 heterocycles. The minimum absolute atomic E-state index is 0.287. The predicted molar refractivity (Wildman–Crippen MR) is 65.2 cm³/mol. The summed E-state index contributed by atoms with van der Waals surface area (Å²) in [5.41, 5.74) is 0. The van der Waals surface area contributed by atoms with E-state index in [9.17, 15) is 5.11 Å². The first-order valence-corrected chi connectivity index (χ1v) is 5.70. The molecule has 0 saturated carbocycles. The van der Waals surface area contributed by atoms with Crippen LogP contribution in [0.5, 0.6) is 11.5 Å². The van der Waals surface area contributed by atoms with Crippen LogP contribution in [0.4, 0.5) is 0 Å². The van der Waals surface area contributed by atoms with Crippen LogP contribution in [0.25, 0.3) is 0 Å². The van der Waals surface area contributed by atoms with Crippen LogP contribution in [-0.4, -0.2) is 12.2 Å². The third kappa shape index (κ3) is 2.70. The zero-order chi connectivity index (χ0) is 11.4. The fourth-order valence-electron chi connectivity index (χ4n) is 1.31. The molecule has 1 N–H and O–H groups in total. The summed E-state index contributed by atoms with van der Waals surface area (Å²) in [7, 11) is 1.66. The fraction of sp³-hybridized carbons (Fsp3) is 0.0769. The first-order chi connectivity index (χ1) is 7.78. The molecule has 0 aliphatic carbocycles. The summed E-state index contributed by atoms with van der Waals surface area (Å²) in [5.74, 6) is 1.14. The van der Waals surface area contributed by atoms with E-state index < -0.39 is 0 Å². The van der Waals surface area contributed by atoms with Crippen molar-refractivity contribution >= 4 is 11.8 Å². The normalized spacial score (nSPS) is 10.1. The molecule has 0 radical (unpaired) electrons. The molecule has 0 amide bonds. The van der Waals surface area contributed by atoms with Gasteiger partial charge in [-0.2, -0.15) is 0 Å². The van der Waals surface area contributed by atoms with Gasteiger partial charge in [0, 0.05) is 9.79 Å². The SMILES string of the molecule is COc1cccc(Sc2ccc(O)cc2)c1. The molecule has 0 aromatic heterocycles. The van der Waals surface area contributed by atoms with Crippen molar-refractivity contribution in [1.29, 1.82) is 0 Å². The highest BCUT2D eigenvalue weighted by Gasteiger charge is 1.99. The lowest BCUT2D eigenvalue weighted by Crippen LogP contribution is -1.82. The summed E-state index contributed by atoms with van der Waals surface area (Å²) in [6, 6.07) is 15.0. The molecule has 2 aromatic rings. The Kier molecular flexibility index (Phi) is 3.37. The highest BCUT2D eigenvalue weighted by atomic mass is 32.2. The monoisotopic (exact) mass is 232 g/mol. The van der Waals surface area contributed by atoms with Crippen LogP contribution in [0.3, 0.4) is 0 Å². The molecule has 0 bridgehead atoms. The van der Waals surface area contributed by atoms with E-state index in [-0.39, 0.29) is 5.75 Å². The van der Waals surface area contributed by atoms with Crippen molar-refractivity contribution in [3.8, 4) is 11.5 Å². The molecule has 0 aliphatic heterocycles. The molecule has 0 atom stereocenters. The molecule has 0 aliphatic rings. The Bertz CT molecular complexity index is 466. The fourth-order valence-corrected chi connectivity index (χ4v) is 2.18. The Hall–Kier alpha value is -1.61. The Balaban J connectivity index is 2.16. The molecule has 0 fully saturated rings. The van der Waals surface area contributed by atoms with Crippen LogP contribution in [-0.2, 0) is 0 Å². The zero-order valence-electron chi connectivity index (χ0n) is 8.88. The zero-order valence-corrected chi connectivity index (χ0v) is 9.70. The van der Waals surface area contributed by atoms with Crippen LogP contribution in [0, 0.1) is 0 Å². The van der Waals surface area contributed by atoms with Gasteiger partial charge < -0.3 is 9.84 Å². The first-order valence-electron chi connectivity index (χ1n) is 4.89. The summed E-state index contributed by atoms with van der Waals surface area (Å²) >= 11 is 1.63. The van der Waals surface area contributed by atoms with Crippen molar-refractivity contribution < 1.29 is 9.84 Å². The lowest BCUT2D eigenvalue weighted by Gasteiger charge is -2.04. The Morgan fingerprint density at radius 2 is 1.75 bits per heavy atom. The number of phenols is 1. The van der Waals surface area contributed by atoms with Crippen molar-refractivity contribution in [2.24, 2.45) is 0 Å². The number of rotatable bonds is 3. The highest BCUT2D eigenvalue weighted by Crippen LogP contribution is 2.30. The van der Waals surface area contributed by atoms with Gasteiger partial charge in [-0.05, 0) is 42.5 Å². The smallest absolute Gasteiger partial charge is 0.119 e. The second-order valence-corrected chi connectivity index (χ2v) is 4.42. The number of aromatic hydroxyl groups is 1. The van der Waals surface area contributed by atoms with Crippen molar-refractivity contribution in [2.45, 2.75) is 9.79 Å². The predicted octanol–water partition coefficient (Wildman–Crippen LogP) is 3.55. The van der Waals surface area contributed by atoms with E-state index >= 15 is 0 Å². The average Bonchev–Trinajstić information content (AvgIpc) is 2.32. The van der Waals surface area contributed by atoms with E-state index in [4.69, 9.17) is 4.74 Å². The van der Waals surface area contributed by atoms with E-state index in [1.807, 2.05) is 36.4 Å². The second-order valence-electron chi connectivity index (χ2n) is 3.27. The maximum Gasteiger partial charge on any atom is 0.119 e. The van der Waals surface area contributed by atoms with E-state index in [1.165, 1.54) is 0 Å². The van der Waals surface area contributed by atoms with Gasteiger partial charge in [-0.1, -0.05) is 17.8 Å². The number of ether oxygens (including phenoxy) is 1. The van der Waals surface area contributed by atoms with Gasteiger partial charge >= 0.3 is 0 Å². The van der Waals surface area contributed by atoms with Crippen LogP contribution in [0.15, 0.2) is 58.3 Å². The molecule has 82 valence electrons. The largest absolute Gasteiger partial charge is 0.508 e. The quantitative estimate of drug-likeness (QED) is 0.877. The third-order valence-electron chi connectivity index (χ3n) is 2.11. The maximum absolute atomic E-state index is 9.18. The summed E-state index contributed by atoms with van der Waals surface area (Å²) in [6.07, 6.45) is 0. The first kappa shape index (κ1) is 10.9. The van der Waals surface area contributed by atoms with Crippen molar-refractivity contribution in [1.82, 2.24) is 0 Å². The lowest BCUT2D eigenvalue weighted by atomic mass is 10.3. The molecule has 16 heavy (non-hydrogen) atoms. The van der Waals surface area contributed by atoms with E-state index in [2.05, 4.69) is 0 Å². The van der Waals surface area contributed by atoms with Crippen molar-refractivity contribution in [2.75, 3.05) is 7.11 Å². The van der Waals surface area contributed by atoms with Gasteiger partial charge in [-0.25, -0.2) is 0 Å². The molecule has 2 nitrogen and oxygen atoms in total. The second kappa shape index (κ2) is 4.94. The molecular formula is C13H12O2S. The van der Waals surface area contributed by atoms with Gasteiger partial charge in [-0.15, -0.1) is 0 Å². The summed E-state index contributed by atoms with van der Waals surface area (Å²) in [6.45, 7) is 0. The van der Waals surface area contributed by atoms with Crippen molar-refractivity contribution in [3.63, 3.8) is 0 Å². The number of methoxy groups -OCH3 is 1. The van der Waals surface area contributed by atoms with Gasteiger partial charge in [0.1, 0.15) is 11.5 Å². The van der Waals surface area contributed by atoms with Crippen LogP contribution >= 0.6 is 11.8 Å². The van der Waals surface area contributed by atoms with E-state index in [1.54, 1.807) is 31.0 Å². The molecular weight excluding hydrogens is 220 g/mol. The Morgan fingerprint density at radius 3 is 2.44 bits per heavy atom. The van der Waals surface area contributed by atoms with Gasteiger partial charge in [0.15, 0.2) is 0 Å². The molecule has 3 heteroatoms. The van der Waals surface area contributed by atoms with Gasteiger partial charge in [0.2, 0.25) is 0 Å². The summed E-state index contributed by atoms with van der Waals surface area (Å²) in [4.78, 5) is 2.20. The van der Waals surface area contributed by atoms with Crippen molar-refractivity contribution in [3.05, 3.63) is 48.5 Å². The number of phenolic OH excluding ortho intramolecular Hbond substituents is 1. The van der Waals surface area contributed by atoms with E-state index in [0.717, 1.165) is 15.5 Å². The molecule has 0 spiro atoms. The minimum Gasteiger partial charge on any atom is -0.508 e. The third-order valence-corrected chi connectivity index (χ3v) is 3.11. The molecule has 2 aromatic carbocycles.